The molecule has 1 fully saturated rings. The first kappa shape index (κ1) is 17.8. The molecule has 1 heterocycles. The van der Waals surface area contributed by atoms with Crippen LogP contribution in [0.2, 0.25) is 0 Å². The summed E-state index contributed by atoms with van der Waals surface area (Å²) in [6, 6.07) is 4.22. The minimum Gasteiger partial charge on any atom is -0.468 e. The lowest BCUT2D eigenvalue weighted by Gasteiger charge is -2.32. The Balaban J connectivity index is 2.02. The monoisotopic (exact) mass is 332 g/mol. The Labute approximate surface area is 146 Å². The summed E-state index contributed by atoms with van der Waals surface area (Å²) in [6.45, 7) is 10.9. The van der Waals surface area contributed by atoms with Gasteiger partial charge in [0.05, 0.1) is 11.2 Å². The lowest BCUT2D eigenvalue weighted by atomic mass is 9.68. The van der Waals surface area contributed by atoms with Crippen molar-refractivity contribution in [1.29, 1.82) is 0 Å². The molecule has 2 aliphatic rings. The van der Waals surface area contributed by atoms with E-state index in [1.165, 1.54) is 24.0 Å². The molecule has 1 aliphatic carbocycles. The van der Waals surface area contributed by atoms with Crippen molar-refractivity contribution in [2.45, 2.75) is 71.0 Å². The molecule has 0 spiro atoms. The van der Waals surface area contributed by atoms with E-state index in [-0.39, 0.29) is 25.1 Å². The standard InChI is InChI=1S/C19H29BO4/c1-13-8-7-9-14-10-15(22-12-21-6)11-16(17(13)14)20-23-18(2,3)19(4,5)24-20/h10-11,13H,7-9,12H2,1-6H3/t13-/m1/s1. The van der Waals surface area contributed by atoms with Gasteiger partial charge in [-0.2, -0.15) is 0 Å². The van der Waals surface area contributed by atoms with Crippen molar-refractivity contribution in [2.24, 2.45) is 0 Å². The number of hydrogen-bond donors (Lipinski definition) is 0. The summed E-state index contributed by atoms with van der Waals surface area (Å²) < 4.78 is 23.4. The van der Waals surface area contributed by atoms with Gasteiger partial charge in [-0.15, -0.1) is 0 Å². The molecule has 1 aliphatic heterocycles. The van der Waals surface area contributed by atoms with E-state index in [9.17, 15) is 0 Å². The molecule has 1 atom stereocenters. The predicted octanol–water partition coefficient (Wildman–Crippen LogP) is 3.41. The van der Waals surface area contributed by atoms with E-state index in [0.717, 1.165) is 17.6 Å². The SMILES string of the molecule is COCOc1cc2c(c(B3OC(C)(C)C(C)(C)O3)c1)[C@H](C)CCC2. The van der Waals surface area contributed by atoms with Crippen LogP contribution in [0.3, 0.4) is 0 Å². The number of rotatable bonds is 4. The first-order valence-corrected chi connectivity index (χ1v) is 8.89. The van der Waals surface area contributed by atoms with Crippen LogP contribution >= 0.6 is 0 Å². The number of benzene rings is 1. The highest BCUT2D eigenvalue weighted by molar-refractivity contribution is 6.62. The minimum atomic E-state index is -0.351. The second-order valence-electron chi connectivity index (χ2n) is 8.02. The zero-order chi connectivity index (χ0) is 17.5. The fraction of sp³-hybridized carbons (Fsp3) is 0.684. The Morgan fingerprint density at radius 3 is 2.46 bits per heavy atom. The highest BCUT2D eigenvalue weighted by Gasteiger charge is 2.52. The Hall–Kier alpha value is -1.04. The van der Waals surface area contributed by atoms with Gasteiger partial charge in [-0.05, 0) is 81.6 Å². The predicted molar refractivity (Wildman–Crippen MR) is 96.0 cm³/mol. The van der Waals surface area contributed by atoms with Gasteiger partial charge in [0.1, 0.15) is 5.75 Å². The van der Waals surface area contributed by atoms with Gasteiger partial charge in [-0.3, -0.25) is 0 Å². The topological polar surface area (TPSA) is 36.9 Å². The van der Waals surface area contributed by atoms with Crippen molar-refractivity contribution in [3.05, 3.63) is 23.3 Å². The molecule has 1 saturated heterocycles. The maximum atomic E-state index is 6.31. The van der Waals surface area contributed by atoms with Crippen LogP contribution in [-0.4, -0.2) is 32.2 Å². The van der Waals surface area contributed by atoms with Crippen LogP contribution in [0.4, 0.5) is 0 Å². The van der Waals surface area contributed by atoms with E-state index >= 15 is 0 Å². The van der Waals surface area contributed by atoms with E-state index in [4.69, 9.17) is 18.8 Å². The Morgan fingerprint density at radius 1 is 1.17 bits per heavy atom. The van der Waals surface area contributed by atoms with Crippen molar-refractivity contribution >= 4 is 12.6 Å². The van der Waals surface area contributed by atoms with Gasteiger partial charge in [-0.1, -0.05) is 6.92 Å². The fourth-order valence-electron chi connectivity index (χ4n) is 3.63. The second kappa shape index (κ2) is 6.36. The molecule has 132 valence electrons. The summed E-state index contributed by atoms with van der Waals surface area (Å²) in [5.74, 6) is 1.34. The maximum absolute atomic E-state index is 6.31. The molecule has 1 aromatic rings. The number of methoxy groups -OCH3 is 1. The zero-order valence-corrected chi connectivity index (χ0v) is 15.8. The van der Waals surface area contributed by atoms with Crippen molar-refractivity contribution in [3.8, 4) is 5.75 Å². The van der Waals surface area contributed by atoms with Gasteiger partial charge in [0, 0.05) is 7.11 Å². The Kier molecular flexibility index (Phi) is 4.71. The first-order valence-electron chi connectivity index (χ1n) is 8.89. The normalized spacial score (nSPS) is 24.8. The molecule has 0 bridgehead atoms. The molecule has 5 heteroatoms. The molecular formula is C19H29BO4. The molecule has 0 saturated carbocycles. The summed E-state index contributed by atoms with van der Waals surface area (Å²) >= 11 is 0. The van der Waals surface area contributed by atoms with E-state index in [1.54, 1.807) is 7.11 Å². The second-order valence-corrected chi connectivity index (χ2v) is 8.02. The van der Waals surface area contributed by atoms with Crippen LogP contribution in [0.15, 0.2) is 12.1 Å². The van der Waals surface area contributed by atoms with Crippen LogP contribution in [0.25, 0.3) is 0 Å². The van der Waals surface area contributed by atoms with Crippen molar-refractivity contribution in [3.63, 3.8) is 0 Å². The molecule has 4 nitrogen and oxygen atoms in total. The van der Waals surface area contributed by atoms with E-state index in [1.807, 2.05) is 0 Å². The van der Waals surface area contributed by atoms with Gasteiger partial charge in [0.25, 0.3) is 0 Å². The quantitative estimate of drug-likeness (QED) is 0.625. The van der Waals surface area contributed by atoms with Crippen molar-refractivity contribution < 1.29 is 18.8 Å². The highest BCUT2D eigenvalue weighted by atomic mass is 16.7. The third-order valence-electron chi connectivity index (χ3n) is 5.70. The average Bonchev–Trinajstić information content (AvgIpc) is 2.72. The Morgan fingerprint density at radius 2 is 1.83 bits per heavy atom. The van der Waals surface area contributed by atoms with Gasteiger partial charge < -0.3 is 18.8 Å². The third-order valence-corrected chi connectivity index (χ3v) is 5.70. The summed E-state index contributed by atoms with van der Waals surface area (Å²) in [4.78, 5) is 0. The van der Waals surface area contributed by atoms with E-state index in [2.05, 4.69) is 46.8 Å². The molecule has 1 aromatic carbocycles. The molecule has 24 heavy (non-hydrogen) atoms. The number of fused-ring (bicyclic) bond motifs is 1. The van der Waals surface area contributed by atoms with Crippen LogP contribution in [0.1, 0.15) is 64.5 Å². The van der Waals surface area contributed by atoms with Gasteiger partial charge in [-0.25, -0.2) is 0 Å². The Bertz CT molecular complexity index is 596. The maximum Gasteiger partial charge on any atom is 0.495 e. The summed E-state index contributed by atoms with van der Waals surface area (Å²) in [5.41, 5.74) is 3.17. The molecule has 0 radical (unpaired) electrons. The molecular weight excluding hydrogens is 303 g/mol. The smallest absolute Gasteiger partial charge is 0.468 e. The summed E-state index contributed by atoms with van der Waals surface area (Å²) in [5, 5.41) is 0. The number of aryl methyl sites for hydroxylation is 1. The van der Waals surface area contributed by atoms with Crippen LogP contribution in [-0.2, 0) is 20.5 Å². The van der Waals surface area contributed by atoms with Crippen LogP contribution in [0.5, 0.6) is 5.75 Å². The van der Waals surface area contributed by atoms with Gasteiger partial charge in [0.2, 0.25) is 0 Å². The number of ether oxygens (including phenoxy) is 2. The summed E-state index contributed by atoms with van der Waals surface area (Å²) in [7, 11) is 1.28. The van der Waals surface area contributed by atoms with E-state index in [0.29, 0.717) is 5.92 Å². The van der Waals surface area contributed by atoms with Gasteiger partial charge in [0.15, 0.2) is 6.79 Å². The van der Waals surface area contributed by atoms with E-state index < -0.39 is 0 Å². The van der Waals surface area contributed by atoms with Crippen molar-refractivity contribution in [2.75, 3.05) is 13.9 Å². The summed E-state index contributed by atoms with van der Waals surface area (Å²) in [6.07, 6.45) is 3.50. The highest BCUT2D eigenvalue weighted by Crippen LogP contribution is 2.39. The van der Waals surface area contributed by atoms with Crippen LogP contribution < -0.4 is 10.2 Å². The zero-order valence-electron chi connectivity index (χ0n) is 15.8. The van der Waals surface area contributed by atoms with Crippen molar-refractivity contribution in [1.82, 2.24) is 0 Å². The first-order chi connectivity index (χ1) is 11.2. The third kappa shape index (κ3) is 3.09. The molecule has 0 amide bonds. The molecule has 0 aromatic heterocycles. The lowest BCUT2D eigenvalue weighted by Crippen LogP contribution is -2.41. The molecule has 0 unspecified atom stereocenters. The minimum absolute atomic E-state index is 0.247. The molecule has 0 N–H and O–H groups in total. The van der Waals surface area contributed by atoms with Crippen LogP contribution in [0, 0.1) is 0 Å². The van der Waals surface area contributed by atoms with Gasteiger partial charge >= 0.3 is 7.12 Å². The number of hydrogen-bond acceptors (Lipinski definition) is 4. The fourth-order valence-corrected chi connectivity index (χ4v) is 3.63. The largest absolute Gasteiger partial charge is 0.495 e. The average molecular weight is 332 g/mol. The molecule has 3 rings (SSSR count). The lowest BCUT2D eigenvalue weighted by molar-refractivity contribution is 0.00578.